The Hall–Kier alpha value is -1.33. The second-order valence-corrected chi connectivity index (χ2v) is 5.14. The molecule has 1 aliphatic rings. The average Bonchev–Trinajstić information content (AvgIpc) is 3.11. The van der Waals surface area contributed by atoms with E-state index in [4.69, 9.17) is 0 Å². The molecule has 1 saturated carbocycles. The van der Waals surface area contributed by atoms with E-state index >= 15 is 0 Å². The van der Waals surface area contributed by atoms with Crippen molar-refractivity contribution in [2.75, 3.05) is 0 Å². The van der Waals surface area contributed by atoms with E-state index in [9.17, 15) is 5.26 Å². The van der Waals surface area contributed by atoms with Crippen molar-refractivity contribution in [3.05, 3.63) is 46.4 Å². The van der Waals surface area contributed by atoms with Gasteiger partial charge in [-0.15, -0.1) is 0 Å². The van der Waals surface area contributed by atoms with Crippen LogP contribution in [0.3, 0.4) is 0 Å². The molecular formula is C14H10BrN. The number of fused-ring (bicyclic) bond motifs is 1. The van der Waals surface area contributed by atoms with Crippen molar-refractivity contribution in [3.8, 4) is 6.07 Å². The lowest BCUT2D eigenvalue weighted by Crippen LogP contribution is -2.03. The highest BCUT2D eigenvalue weighted by Gasteiger charge is 2.46. The number of hydrogen-bond donors (Lipinski definition) is 0. The van der Waals surface area contributed by atoms with E-state index in [1.54, 1.807) is 0 Å². The predicted molar refractivity (Wildman–Crippen MR) is 68.2 cm³/mol. The topological polar surface area (TPSA) is 23.8 Å². The number of hydrogen-bond acceptors (Lipinski definition) is 1. The first-order valence-corrected chi connectivity index (χ1v) is 6.15. The zero-order chi connectivity index (χ0) is 11.2. The summed E-state index contributed by atoms with van der Waals surface area (Å²) in [7, 11) is 0. The molecule has 0 radical (unpaired) electrons. The van der Waals surface area contributed by atoms with Crippen molar-refractivity contribution in [1.82, 2.24) is 0 Å². The lowest BCUT2D eigenvalue weighted by atomic mass is 9.95. The smallest absolute Gasteiger partial charge is 0.0834 e. The first-order valence-electron chi connectivity index (χ1n) is 5.36. The van der Waals surface area contributed by atoms with Crippen molar-refractivity contribution >= 4 is 26.7 Å². The van der Waals surface area contributed by atoms with Crippen LogP contribution in [0.15, 0.2) is 40.9 Å². The summed E-state index contributed by atoms with van der Waals surface area (Å²) in [5, 5.41) is 11.6. The van der Waals surface area contributed by atoms with Gasteiger partial charge in [0.2, 0.25) is 0 Å². The first-order chi connectivity index (χ1) is 7.77. The Bertz CT molecular complexity index is 606. The Balaban J connectivity index is 2.29. The van der Waals surface area contributed by atoms with E-state index in [0.717, 1.165) is 22.9 Å². The Morgan fingerprint density at radius 3 is 2.56 bits per heavy atom. The third-order valence-electron chi connectivity index (χ3n) is 3.34. The van der Waals surface area contributed by atoms with E-state index in [1.807, 2.05) is 12.1 Å². The van der Waals surface area contributed by atoms with Gasteiger partial charge in [0.1, 0.15) is 0 Å². The molecular weight excluding hydrogens is 262 g/mol. The molecule has 0 aromatic heterocycles. The van der Waals surface area contributed by atoms with Crippen LogP contribution in [0.4, 0.5) is 0 Å². The summed E-state index contributed by atoms with van der Waals surface area (Å²) in [6, 6.07) is 14.9. The van der Waals surface area contributed by atoms with E-state index in [1.165, 1.54) is 10.8 Å². The summed E-state index contributed by atoms with van der Waals surface area (Å²) in [5.41, 5.74) is 0.928. The summed E-state index contributed by atoms with van der Waals surface area (Å²) >= 11 is 3.65. The lowest BCUT2D eigenvalue weighted by molar-refractivity contribution is 0.905. The highest BCUT2D eigenvalue weighted by atomic mass is 79.9. The van der Waals surface area contributed by atoms with Crippen LogP contribution >= 0.6 is 15.9 Å². The molecule has 2 aromatic carbocycles. The summed E-state index contributed by atoms with van der Waals surface area (Å²) in [5.74, 6) is 0. The Labute approximate surface area is 103 Å². The minimum absolute atomic E-state index is 0.219. The van der Waals surface area contributed by atoms with Gasteiger partial charge in [0.25, 0.3) is 0 Å². The minimum Gasteiger partial charge on any atom is -0.197 e. The first kappa shape index (κ1) is 9.86. The van der Waals surface area contributed by atoms with Crippen LogP contribution in [0, 0.1) is 11.3 Å². The summed E-state index contributed by atoms with van der Waals surface area (Å²) in [6.07, 6.45) is 1.97. The van der Waals surface area contributed by atoms with Crippen LogP contribution in [-0.2, 0) is 5.41 Å². The molecule has 0 amide bonds. The van der Waals surface area contributed by atoms with Gasteiger partial charge < -0.3 is 0 Å². The van der Waals surface area contributed by atoms with Gasteiger partial charge in [0, 0.05) is 4.47 Å². The Morgan fingerprint density at radius 2 is 1.88 bits per heavy atom. The fraction of sp³-hybridized carbons (Fsp3) is 0.214. The van der Waals surface area contributed by atoms with E-state index in [-0.39, 0.29) is 5.41 Å². The molecule has 2 aromatic rings. The fourth-order valence-electron chi connectivity index (χ4n) is 2.17. The number of benzene rings is 2. The SMILES string of the molecule is N#CC1(c2ccc3ccccc3c2Br)CC1. The molecule has 1 fully saturated rings. The van der Waals surface area contributed by atoms with Gasteiger partial charge in [-0.3, -0.25) is 0 Å². The van der Waals surface area contributed by atoms with E-state index in [0.29, 0.717) is 0 Å². The number of nitriles is 1. The molecule has 78 valence electrons. The van der Waals surface area contributed by atoms with Gasteiger partial charge in [-0.2, -0.15) is 5.26 Å². The fourth-order valence-corrected chi connectivity index (χ4v) is 3.04. The third-order valence-corrected chi connectivity index (χ3v) is 4.20. The van der Waals surface area contributed by atoms with Crippen molar-refractivity contribution in [2.45, 2.75) is 18.3 Å². The summed E-state index contributed by atoms with van der Waals surface area (Å²) in [4.78, 5) is 0. The van der Waals surface area contributed by atoms with Gasteiger partial charge >= 0.3 is 0 Å². The van der Waals surface area contributed by atoms with Crippen LogP contribution in [0.1, 0.15) is 18.4 Å². The molecule has 1 nitrogen and oxygen atoms in total. The summed E-state index contributed by atoms with van der Waals surface area (Å²) < 4.78 is 1.09. The second kappa shape index (κ2) is 3.33. The van der Waals surface area contributed by atoms with Gasteiger partial charge in [0.05, 0.1) is 11.5 Å². The van der Waals surface area contributed by atoms with Gasteiger partial charge in [-0.25, -0.2) is 0 Å². The van der Waals surface area contributed by atoms with Crippen LogP contribution < -0.4 is 0 Å². The highest BCUT2D eigenvalue weighted by molar-refractivity contribution is 9.10. The molecule has 0 spiro atoms. The minimum atomic E-state index is -0.219. The maximum Gasteiger partial charge on any atom is 0.0834 e. The monoisotopic (exact) mass is 271 g/mol. The molecule has 0 saturated heterocycles. The molecule has 0 heterocycles. The van der Waals surface area contributed by atoms with Gasteiger partial charge in [-0.1, -0.05) is 36.4 Å². The standard InChI is InChI=1S/C14H10BrN/c15-13-11-4-2-1-3-10(11)5-6-12(13)14(9-16)7-8-14/h1-6H,7-8H2. The van der Waals surface area contributed by atoms with E-state index < -0.39 is 0 Å². The van der Waals surface area contributed by atoms with Crippen molar-refractivity contribution in [2.24, 2.45) is 0 Å². The third kappa shape index (κ3) is 1.28. The number of rotatable bonds is 1. The van der Waals surface area contributed by atoms with Crippen molar-refractivity contribution in [3.63, 3.8) is 0 Å². The van der Waals surface area contributed by atoms with Crippen LogP contribution in [0.25, 0.3) is 10.8 Å². The quantitative estimate of drug-likeness (QED) is 0.764. The molecule has 3 rings (SSSR count). The summed E-state index contributed by atoms with van der Waals surface area (Å²) in [6.45, 7) is 0. The predicted octanol–water partition coefficient (Wildman–Crippen LogP) is 4.16. The van der Waals surface area contributed by atoms with Crippen LogP contribution in [0.2, 0.25) is 0 Å². The van der Waals surface area contributed by atoms with E-state index in [2.05, 4.69) is 46.3 Å². The number of halogens is 1. The zero-order valence-corrected chi connectivity index (χ0v) is 10.3. The maximum atomic E-state index is 9.24. The van der Waals surface area contributed by atoms with Gasteiger partial charge in [0.15, 0.2) is 0 Å². The zero-order valence-electron chi connectivity index (χ0n) is 8.70. The molecule has 1 aliphatic carbocycles. The Kier molecular flexibility index (Phi) is 2.05. The molecule has 0 bridgehead atoms. The molecule has 16 heavy (non-hydrogen) atoms. The second-order valence-electron chi connectivity index (χ2n) is 4.34. The van der Waals surface area contributed by atoms with Crippen LogP contribution in [-0.4, -0.2) is 0 Å². The number of nitrogens with zero attached hydrogens (tertiary/aromatic N) is 1. The molecule has 0 unspecified atom stereocenters. The van der Waals surface area contributed by atoms with Crippen molar-refractivity contribution < 1.29 is 0 Å². The van der Waals surface area contributed by atoms with Crippen molar-refractivity contribution in [1.29, 1.82) is 5.26 Å². The molecule has 0 atom stereocenters. The normalized spacial score (nSPS) is 17.0. The van der Waals surface area contributed by atoms with Crippen LogP contribution in [0.5, 0.6) is 0 Å². The molecule has 0 N–H and O–H groups in total. The Morgan fingerprint density at radius 1 is 1.12 bits per heavy atom. The largest absolute Gasteiger partial charge is 0.197 e. The average molecular weight is 272 g/mol. The molecule has 0 aliphatic heterocycles. The maximum absolute atomic E-state index is 9.24. The highest BCUT2D eigenvalue weighted by Crippen LogP contribution is 2.51. The lowest BCUT2D eigenvalue weighted by Gasteiger charge is -2.11. The van der Waals surface area contributed by atoms with Gasteiger partial charge in [-0.05, 0) is 45.1 Å². The molecule has 2 heteroatoms.